The quantitative estimate of drug-likeness (QED) is 0.0569. The number of nitro benzene ring substituents is 2. The van der Waals surface area contributed by atoms with Crippen LogP contribution in [0.5, 0.6) is 0 Å². The van der Waals surface area contributed by atoms with E-state index in [9.17, 15) is 34.9 Å². The number of carboxylic acid groups (broad SMARTS) is 1. The normalized spacial score (nSPS) is 14.8. The van der Waals surface area contributed by atoms with Crippen LogP contribution in [0.4, 0.5) is 22.7 Å². The van der Waals surface area contributed by atoms with Gasteiger partial charge >= 0.3 is 0 Å². The molecule has 4 aromatic carbocycles. The zero-order chi connectivity index (χ0) is 40.6. The zero-order valence-corrected chi connectivity index (χ0v) is 33.3. The Morgan fingerprint density at radius 1 is 0.860 bits per heavy atom. The highest BCUT2D eigenvalue weighted by molar-refractivity contribution is 7.01. The van der Waals surface area contributed by atoms with E-state index in [2.05, 4.69) is 71.6 Å². The van der Waals surface area contributed by atoms with E-state index in [4.69, 9.17) is 9.47 Å². The second-order valence-electron chi connectivity index (χ2n) is 15.1. The molecule has 15 nitrogen and oxygen atoms in total. The van der Waals surface area contributed by atoms with Gasteiger partial charge in [0.2, 0.25) is 5.36 Å². The number of anilines is 2. The number of nitrogens with one attached hydrogen (secondary N) is 2. The van der Waals surface area contributed by atoms with Crippen molar-refractivity contribution >= 4 is 58.6 Å². The number of ether oxygens (including phenoxy) is 2. The molecule has 7 rings (SSSR count). The van der Waals surface area contributed by atoms with Crippen LogP contribution in [-0.2, 0) is 22.3 Å². The van der Waals surface area contributed by atoms with Crippen LogP contribution in [0.25, 0.3) is 5.57 Å². The van der Waals surface area contributed by atoms with Crippen molar-refractivity contribution in [3.8, 4) is 0 Å². The summed E-state index contributed by atoms with van der Waals surface area (Å²) in [5.41, 5.74) is 5.68. The molecule has 0 aliphatic carbocycles. The molecular weight excluding hydrogens is 749 g/mol. The summed E-state index contributed by atoms with van der Waals surface area (Å²) < 4.78 is 13.4. The summed E-state index contributed by atoms with van der Waals surface area (Å²) in [7, 11) is 1.94. The van der Waals surface area contributed by atoms with Crippen LogP contribution < -0.4 is 46.2 Å². The standard InChI is InChI=1S/C41H44N6O9Si/c1-44-13-9-25-19-31-37(23-34(25)44)57(3,4)38-24-35-26(10-14-45(35)2)20-32(38)39(31)30-21-27(5-7-29(30)41(49)50)40(48)43-12-16-56-18-17-55-15-11-42-33-8-6-28(46(51)52)22-36(33)47(53)54/h5-8,19-24,42H,9-18H2,1-4H3,(H-,43,48,49,50). The Hall–Kier alpha value is -5.97. The van der Waals surface area contributed by atoms with E-state index < -0.39 is 29.6 Å². The Bertz CT molecular complexity index is 2470. The minimum atomic E-state index is -2.28. The number of hydrogen-bond donors (Lipinski definition) is 2. The first-order chi connectivity index (χ1) is 27.3. The van der Waals surface area contributed by atoms with Gasteiger partial charge in [0.05, 0.1) is 48.3 Å². The summed E-state index contributed by atoms with van der Waals surface area (Å²) in [6.07, 6.45) is 1.79. The fraction of sp³-hybridized carbons (Fsp3) is 0.341. The molecule has 0 fully saturated rings. The topological polar surface area (TPSA) is 192 Å². The van der Waals surface area contributed by atoms with E-state index >= 15 is 0 Å². The van der Waals surface area contributed by atoms with Crippen molar-refractivity contribution in [3.05, 3.63) is 125 Å². The minimum absolute atomic E-state index is 0.0274. The van der Waals surface area contributed by atoms with E-state index in [-0.39, 0.29) is 62.4 Å². The zero-order valence-electron chi connectivity index (χ0n) is 32.3. The van der Waals surface area contributed by atoms with Crippen molar-refractivity contribution in [2.75, 3.05) is 76.9 Å². The van der Waals surface area contributed by atoms with Crippen LogP contribution in [-0.4, -0.2) is 96.5 Å². The molecule has 0 saturated carbocycles. The Kier molecular flexibility index (Phi) is 10.9. The molecule has 0 radical (unpaired) electrons. The van der Waals surface area contributed by atoms with Crippen LogP contribution in [0.3, 0.4) is 0 Å². The van der Waals surface area contributed by atoms with Crippen LogP contribution in [0.2, 0.25) is 13.1 Å². The van der Waals surface area contributed by atoms with E-state index in [0.717, 1.165) is 48.4 Å². The number of non-ortho nitro benzene ring substituents is 1. The van der Waals surface area contributed by atoms with Gasteiger partial charge in [-0.3, -0.25) is 25.0 Å². The van der Waals surface area contributed by atoms with Gasteiger partial charge in [-0.1, -0.05) is 19.2 Å². The minimum Gasteiger partial charge on any atom is -0.545 e. The Labute approximate surface area is 329 Å². The third-order valence-corrected chi connectivity index (χ3v) is 14.7. The lowest BCUT2D eigenvalue weighted by atomic mass is 9.88. The van der Waals surface area contributed by atoms with Gasteiger partial charge in [0, 0.05) is 67.6 Å². The van der Waals surface area contributed by atoms with E-state index in [0.29, 0.717) is 11.1 Å². The molecule has 0 aromatic heterocycles. The van der Waals surface area contributed by atoms with Crippen molar-refractivity contribution in [3.63, 3.8) is 0 Å². The number of nitrogens with zero attached hydrogens (tertiary/aromatic N) is 4. The largest absolute Gasteiger partial charge is 0.545 e. The lowest BCUT2D eigenvalue weighted by Gasteiger charge is -2.34. The molecule has 0 saturated heterocycles. The van der Waals surface area contributed by atoms with Gasteiger partial charge < -0.3 is 34.9 Å². The highest BCUT2D eigenvalue weighted by Crippen LogP contribution is 2.34. The monoisotopic (exact) mass is 792 g/mol. The lowest BCUT2D eigenvalue weighted by molar-refractivity contribution is -0.393. The molecule has 296 valence electrons. The molecule has 3 aliphatic rings. The molecule has 0 unspecified atom stereocenters. The van der Waals surface area contributed by atoms with Gasteiger partial charge in [0.15, 0.2) is 0 Å². The molecule has 0 atom stereocenters. The lowest BCUT2D eigenvalue weighted by Crippen LogP contribution is -2.64. The highest BCUT2D eigenvalue weighted by Gasteiger charge is 2.39. The Morgan fingerprint density at radius 3 is 2.33 bits per heavy atom. The number of carbonyl (C=O) groups is 2. The van der Waals surface area contributed by atoms with Crippen LogP contribution in [0, 0.1) is 20.2 Å². The Morgan fingerprint density at radius 2 is 1.61 bits per heavy atom. The highest BCUT2D eigenvalue weighted by atomic mass is 28.3. The average molecular weight is 793 g/mol. The maximum atomic E-state index is 13.5. The summed E-state index contributed by atoms with van der Waals surface area (Å²) >= 11 is 0. The van der Waals surface area contributed by atoms with Gasteiger partial charge in [0.25, 0.3) is 17.3 Å². The number of aromatic carboxylic acids is 1. The first-order valence-electron chi connectivity index (χ1n) is 18.9. The fourth-order valence-corrected chi connectivity index (χ4v) is 11.2. The molecule has 0 spiro atoms. The van der Waals surface area contributed by atoms with Gasteiger partial charge in [-0.25, -0.2) is 4.58 Å². The van der Waals surface area contributed by atoms with Gasteiger partial charge in [0.1, 0.15) is 27.4 Å². The number of hydrogen-bond acceptors (Lipinski definition) is 11. The first kappa shape index (κ1) is 39.3. The van der Waals surface area contributed by atoms with Crippen LogP contribution in [0.1, 0.15) is 43.0 Å². The van der Waals surface area contributed by atoms with Crippen LogP contribution >= 0.6 is 0 Å². The van der Waals surface area contributed by atoms with E-state index in [1.165, 1.54) is 56.8 Å². The maximum Gasteiger partial charge on any atom is 0.299 e. The fourth-order valence-electron chi connectivity index (χ4n) is 8.15. The first-order valence-corrected chi connectivity index (χ1v) is 21.9. The summed E-state index contributed by atoms with van der Waals surface area (Å²) in [6.45, 7) is 7.82. The van der Waals surface area contributed by atoms with Crippen molar-refractivity contribution in [2.45, 2.75) is 25.9 Å². The average Bonchev–Trinajstić information content (AvgIpc) is 3.74. The Balaban J connectivity index is 1.04. The molecule has 0 bridgehead atoms. The summed E-state index contributed by atoms with van der Waals surface area (Å²) in [5, 5.41) is 45.5. The number of nitro groups is 2. The van der Waals surface area contributed by atoms with Crippen molar-refractivity contribution in [1.82, 2.24) is 9.89 Å². The summed E-state index contributed by atoms with van der Waals surface area (Å²) in [6, 6.07) is 17.2. The van der Waals surface area contributed by atoms with Crippen molar-refractivity contribution in [1.29, 1.82) is 0 Å². The molecule has 4 aromatic rings. The smallest absolute Gasteiger partial charge is 0.299 e. The van der Waals surface area contributed by atoms with Gasteiger partial charge in [-0.2, -0.15) is 0 Å². The summed E-state index contributed by atoms with van der Waals surface area (Å²) in [4.78, 5) is 49.4. The number of carbonyl (C=O) groups excluding carboxylic acids is 2. The molecule has 2 N–H and O–H groups in total. The van der Waals surface area contributed by atoms with Gasteiger partial charge in [-0.05, 0) is 80.7 Å². The predicted octanol–water partition coefficient (Wildman–Crippen LogP) is 0.794. The number of rotatable bonds is 15. The van der Waals surface area contributed by atoms with Crippen molar-refractivity contribution < 1.29 is 34.0 Å². The van der Waals surface area contributed by atoms with Crippen LogP contribution in [0.15, 0.2) is 60.7 Å². The predicted molar refractivity (Wildman–Crippen MR) is 216 cm³/mol. The SMILES string of the molecule is CN1CCc2cc3c(cc21)[Si](C)(C)c1cc2c(cc1=C3c1cc(C(=O)NCCOCCOCCNc3ccc([N+](=O)[O-])cc3[N+](=O)[O-])ccc1C(=O)[O-])CC[N+]=2C. The van der Waals surface area contributed by atoms with Gasteiger partial charge in [-0.15, -0.1) is 0 Å². The van der Waals surface area contributed by atoms with Crippen molar-refractivity contribution in [2.24, 2.45) is 0 Å². The second-order valence-corrected chi connectivity index (χ2v) is 19.4. The third-order valence-electron chi connectivity index (χ3n) is 11.2. The number of likely N-dealkylation sites (N-methyl/N-ethyl adjacent to an activating group) is 2. The number of amides is 1. The molecular formula is C41H44N6O9Si. The van der Waals surface area contributed by atoms with E-state index in [1.807, 2.05) is 0 Å². The van der Waals surface area contributed by atoms with E-state index in [1.54, 1.807) is 6.07 Å². The molecule has 16 heteroatoms. The third kappa shape index (κ3) is 7.62. The second kappa shape index (κ2) is 15.9. The number of benzene rings is 4. The molecule has 3 aliphatic heterocycles. The molecule has 3 heterocycles. The maximum absolute atomic E-state index is 13.5. The number of fused-ring (bicyclic) bond motifs is 4. The molecule has 57 heavy (non-hydrogen) atoms. The summed E-state index contributed by atoms with van der Waals surface area (Å²) in [5.74, 6) is -1.68. The number of carboxylic acids is 1. The molecule has 1 amide bonds.